The second-order valence-electron chi connectivity index (χ2n) is 7.23. The van der Waals surface area contributed by atoms with E-state index in [1.807, 2.05) is 0 Å². The number of nitrogens with one attached hydrogen (secondary N) is 1. The zero-order valence-electron chi connectivity index (χ0n) is 15.6. The molecule has 0 aliphatic carbocycles. The minimum Gasteiger partial charge on any atom is -0.356 e. The van der Waals surface area contributed by atoms with Crippen molar-refractivity contribution in [1.82, 2.24) is 15.0 Å². The molecular formula is C20H17F5N4O. The third kappa shape index (κ3) is 3.99. The molecule has 3 aromatic heterocycles. The Hall–Kier alpha value is -3.04. The number of H-pyrrole nitrogens is 1. The summed E-state index contributed by atoms with van der Waals surface area (Å²) in [6, 6.07) is 4.86. The van der Waals surface area contributed by atoms with Gasteiger partial charge in [0.15, 0.2) is 5.43 Å². The molecule has 0 spiro atoms. The minimum absolute atomic E-state index is 0.0772. The van der Waals surface area contributed by atoms with Gasteiger partial charge >= 0.3 is 6.18 Å². The summed E-state index contributed by atoms with van der Waals surface area (Å²) in [4.78, 5) is 24.6. The van der Waals surface area contributed by atoms with Crippen molar-refractivity contribution in [1.29, 1.82) is 0 Å². The van der Waals surface area contributed by atoms with Gasteiger partial charge in [0.2, 0.25) is 5.92 Å². The summed E-state index contributed by atoms with van der Waals surface area (Å²) in [5, 5.41) is 0.331. The highest BCUT2D eigenvalue weighted by atomic mass is 19.4. The molecule has 4 rings (SSSR count). The van der Waals surface area contributed by atoms with Gasteiger partial charge in [0, 0.05) is 50.0 Å². The molecule has 0 saturated carbocycles. The number of rotatable bonds is 2. The Labute approximate surface area is 167 Å². The summed E-state index contributed by atoms with van der Waals surface area (Å²) >= 11 is 0. The van der Waals surface area contributed by atoms with Crippen LogP contribution in [0.4, 0.5) is 27.8 Å². The number of aromatic nitrogens is 3. The van der Waals surface area contributed by atoms with Crippen molar-refractivity contribution in [3.8, 4) is 11.3 Å². The van der Waals surface area contributed by atoms with E-state index in [9.17, 15) is 26.7 Å². The molecule has 3 aromatic rings. The molecule has 1 N–H and O–H groups in total. The molecule has 1 aliphatic rings. The number of halogens is 5. The first kappa shape index (κ1) is 20.2. The van der Waals surface area contributed by atoms with E-state index >= 15 is 0 Å². The number of nitrogens with zero attached hydrogens (tertiary/aromatic N) is 3. The fourth-order valence-electron chi connectivity index (χ4n) is 3.57. The Kier molecular flexibility index (Phi) is 4.95. The molecule has 1 saturated heterocycles. The second-order valence-corrected chi connectivity index (χ2v) is 7.23. The summed E-state index contributed by atoms with van der Waals surface area (Å²) in [6.45, 7) is -0.00528. The van der Waals surface area contributed by atoms with Gasteiger partial charge in [-0.15, -0.1) is 0 Å². The number of pyridine rings is 3. The predicted molar refractivity (Wildman–Crippen MR) is 102 cm³/mol. The lowest BCUT2D eigenvalue weighted by Crippen LogP contribution is -2.28. The van der Waals surface area contributed by atoms with Crippen LogP contribution in [0.15, 0.2) is 41.5 Å². The Morgan fingerprint density at radius 3 is 2.67 bits per heavy atom. The van der Waals surface area contributed by atoms with Gasteiger partial charge in [-0.2, -0.15) is 13.2 Å². The van der Waals surface area contributed by atoms with Gasteiger partial charge in [-0.25, -0.2) is 13.8 Å². The predicted octanol–water partition coefficient (Wildman–Crippen LogP) is 4.63. The summed E-state index contributed by atoms with van der Waals surface area (Å²) in [7, 11) is 0. The lowest BCUT2D eigenvalue weighted by atomic mass is 10.1. The van der Waals surface area contributed by atoms with E-state index in [2.05, 4.69) is 15.0 Å². The number of hydrogen-bond acceptors (Lipinski definition) is 4. The average Bonchev–Trinajstić information content (AvgIpc) is 2.87. The van der Waals surface area contributed by atoms with Crippen molar-refractivity contribution in [2.45, 2.75) is 31.4 Å². The molecule has 0 radical (unpaired) electrons. The first-order chi connectivity index (χ1) is 14.1. The Morgan fingerprint density at radius 2 is 1.90 bits per heavy atom. The normalized spacial score (nSPS) is 17.2. The molecule has 10 heteroatoms. The van der Waals surface area contributed by atoms with Crippen molar-refractivity contribution in [3.05, 3.63) is 52.6 Å². The van der Waals surface area contributed by atoms with Crippen molar-refractivity contribution >= 4 is 16.7 Å². The van der Waals surface area contributed by atoms with Crippen LogP contribution in [0.25, 0.3) is 22.2 Å². The van der Waals surface area contributed by atoms with Crippen LogP contribution in [0.5, 0.6) is 0 Å². The zero-order chi connectivity index (χ0) is 21.5. The Balaban J connectivity index is 1.86. The molecule has 30 heavy (non-hydrogen) atoms. The van der Waals surface area contributed by atoms with Gasteiger partial charge in [-0.05, 0) is 24.6 Å². The Morgan fingerprint density at radius 1 is 1.10 bits per heavy atom. The molecular weight excluding hydrogens is 407 g/mol. The van der Waals surface area contributed by atoms with E-state index in [-0.39, 0.29) is 48.4 Å². The second kappa shape index (κ2) is 7.33. The summed E-state index contributed by atoms with van der Waals surface area (Å²) in [6.07, 6.45) is -2.52. The topological polar surface area (TPSA) is 61.9 Å². The van der Waals surface area contributed by atoms with Gasteiger partial charge in [-0.1, -0.05) is 0 Å². The smallest absolute Gasteiger partial charge is 0.356 e. The minimum atomic E-state index is -4.69. The molecule has 0 amide bonds. The first-order valence-corrected chi connectivity index (χ1v) is 9.32. The maximum atomic E-state index is 13.8. The van der Waals surface area contributed by atoms with Crippen molar-refractivity contribution in [2.24, 2.45) is 0 Å². The summed E-state index contributed by atoms with van der Waals surface area (Å²) in [5.74, 6) is -2.95. The maximum absolute atomic E-state index is 13.8. The molecule has 5 nitrogen and oxygen atoms in total. The molecule has 1 fully saturated rings. The van der Waals surface area contributed by atoms with Crippen LogP contribution in [-0.4, -0.2) is 34.0 Å². The summed E-state index contributed by atoms with van der Waals surface area (Å²) in [5.41, 5.74) is -0.527. The van der Waals surface area contributed by atoms with E-state index in [1.165, 1.54) is 29.4 Å². The highest BCUT2D eigenvalue weighted by Crippen LogP contribution is 2.36. The number of aromatic amines is 1. The lowest BCUT2D eigenvalue weighted by Gasteiger charge is -2.25. The highest BCUT2D eigenvalue weighted by molar-refractivity contribution is 5.83. The lowest BCUT2D eigenvalue weighted by molar-refractivity contribution is -0.141. The molecule has 4 heterocycles. The van der Waals surface area contributed by atoms with E-state index in [0.29, 0.717) is 10.9 Å². The van der Waals surface area contributed by atoms with Crippen LogP contribution < -0.4 is 10.3 Å². The van der Waals surface area contributed by atoms with E-state index in [0.717, 1.165) is 6.07 Å². The Bertz CT molecular complexity index is 1140. The van der Waals surface area contributed by atoms with Gasteiger partial charge in [0.1, 0.15) is 11.5 Å². The highest BCUT2D eigenvalue weighted by Gasteiger charge is 2.36. The quantitative estimate of drug-likeness (QED) is 0.610. The first-order valence-electron chi connectivity index (χ1n) is 9.32. The maximum Gasteiger partial charge on any atom is 0.433 e. The fraction of sp³-hybridized carbons (Fsp3) is 0.350. The zero-order valence-corrected chi connectivity index (χ0v) is 15.6. The number of hydrogen-bond donors (Lipinski definition) is 1. The van der Waals surface area contributed by atoms with Crippen LogP contribution >= 0.6 is 0 Å². The third-order valence-corrected chi connectivity index (χ3v) is 5.10. The summed E-state index contributed by atoms with van der Waals surface area (Å²) < 4.78 is 67.4. The number of alkyl halides is 5. The van der Waals surface area contributed by atoms with Crippen LogP contribution in [0, 0.1) is 0 Å². The van der Waals surface area contributed by atoms with Crippen LogP contribution in [0.2, 0.25) is 0 Å². The molecule has 0 unspecified atom stereocenters. The van der Waals surface area contributed by atoms with Gasteiger partial charge in [0.05, 0.1) is 16.6 Å². The van der Waals surface area contributed by atoms with Crippen molar-refractivity contribution in [3.63, 3.8) is 0 Å². The van der Waals surface area contributed by atoms with Crippen molar-refractivity contribution in [2.75, 3.05) is 18.0 Å². The van der Waals surface area contributed by atoms with Gasteiger partial charge in [0.25, 0.3) is 0 Å². The van der Waals surface area contributed by atoms with E-state index < -0.39 is 24.2 Å². The molecule has 158 valence electrons. The van der Waals surface area contributed by atoms with Crippen LogP contribution in [0.1, 0.15) is 25.0 Å². The SMILES string of the molecule is O=c1cc(-c2ccc(C(F)(F)F)nc2N2CCCC(F)(F)CC2)[nH]c2ccncc12. The number of anilines is 1. The standard InChI is InChI=1S/C20H17F5N4O/c21-19(22)5-1-8-29(9-6-19)18-12(2-3-17(28-18)20(23,24)25)15-10-16(30)13-11-26-7-4-14(13)27-15/h2-4,7,10-11H,1,5-6,8-9H2,(H,27,30). The third-order valence-electron chi connectivity index (χ3n) is 5.10. The van der Waals surface area contributed by atoms with Crippen LogP contribution in [0.3, 0.4) is 0 Å². The van der Waals surface area contributed by atoms with E-state index in [4.69, 9.17) is 0 Å². The largest absolute Gasteiger partial charge is 0.433 e. The molecule has 0 aromatic carbocycles. The van der Waals surface area contributed by atoms with E-state index in [1.54, 1.807) is 6.07 Å². The van der Waals surface area contributed by atoms with Crippen molar-refractivity contribution < 1.29 is 22.0 Å². The van der Waals surface area contributed by atoms with Crippen LogP contribution in [-0.2, 0) is 6.18 Å². The van der Waals surface area contributed by atoms with Gasteiger partial charge < -0.3 is 9.88 Å². The average molecular weight is 424 g/mol. The molecule has 0 atom stereocenters. The monoisotopic (exact) mass is 424 g/mol. The van der Waals surface area contributed by atoms with Gasteiger partial charge in [-0.3, -0.25) is 9.78 Å². The fourth-order valence-corrected chi connectivity index (χ4v) is 3.57. The molecule has 1 aliphatic heterocycles. The molecule has 0 bridgehead atoms. The number of fused-ring (bicyclic) bond motifs is 1.